The number of hydrogen-bond donors (Lipinski definition) is 2. The zero-order valence-electron chi connectivity index (χ0n) is 21.4. The standard InChI is InChI=1S/C28H32N6O2S/c1-16-21-15-32(2)13-19(21)14-34(16)26-23(31-37-36)10-18(11-30-26)17-5-6-22-20(9-17)25-24(12-29-22)33(3)27(35)28(25)7-4-8-28/h5-6,9-12,16,19,21,37H,4,7-8,13-15H2,1-3H3,(H,31,36)/t16-,19?,21?/m1/s1. The van der Waals surface area contributed by atoms with Gasteiger partial charge in [0.25, 0.3) is 0 Å². The summed E-state index contributed by atoms with van der Waals surface area (Å²) in [5.74, 6) is 2.31. The minimum Gasteiger partial charge on any atom is -0.351 e. The molecular weight excluding hydrogens is 484 g/mol. The fourth-order valence-corrected chi connectivity index (χ4v) is 7.68. The largest absolute Gasteiger partial charge is 0.351 e. The van der Waals surface area contributed by atoms with Crippen LogP contribution in [0.15, 0.2) is 36.7 Å². The smallest absolute Gasteiger partial charge is 0.237 e. The Labute approximate surface area is 220 Å². The molecule has 5 heterocycles. The van der Waals surface area contributed by atoms with E-state index in [1.807, 2.05) is 31.6 Å². The molecule has 3 aromatic rings. The average Bonchev–Trinajstić information content (AvgIpc) is 3.46. The first-order chi connectivity index (χ1) is 17.9. The molecule has 1 spiro atoms. The number of rotatable bonds is 4. The molecule has 9 heteroatoms. The van der Waals surface area contributed by atoms with E-state index >= 15 is 0 Å². The van der Waals surface area contributed by atoms with Crippen LogP contribution in [0.25, 0.3) is 22.0 Å². The van der Waals surface area contributed by atoms with Crippen molar-refractivity contribution in [3.8, 4) is 11.1 Å². The summed E-state index contributed by atoms with van der Waals surface area (Å²) < 4.78 is 14.7. The van der Waals surface area contributed by atoms with Gasteiger partial charge in [-0.05, 0) is 62.4 Å². The molecule has 3 fully saturated rings. The molecule has 37 heavy (non-hydrogen) atoms. The molecule has 1 saturated carbocycles. The van der Waals surface area contributed by atoms with Gasteiger partial charge < -0.3 is 19.4 Å². The zero-order chi connectivity index (χ0) is 25.5. The SMILES string of the molecule is C[C@@H]1C2CN(C)CC2CN1c1ncc(-c2ccc3ncc4c(c3c2)C2(CCC2)C(=O)N4C)cc1N[SH]=O. The number of amides is 1. The Kier molecular flexibility index (Phi) is 5.14. The Morgan fingerprint density at radius 2 is 1.89 bits per heavy atom. The molecule has 192 valence electrons. The number of nitrogens with one attached hydrogen (secondary N) is 1. The van der Waals surface area contributed by atoms with Crippen molar-refractivity contribution in [3.63, 3.8) is 0 Å². The van der Waals surface area contributed by atoms with Crippen molar-refractivity contribution in [2.75, 3.05) is 48.3 Å². The Bertz CT molecular complexity index is 1460. The van der Waals surface area contributed by atoms with Gasteiger partial charge in [0, 0.05) is 55.4 Å². The number of thiol groups is 1. The predicted molar refractivity (Wildman–Crippen MR) is 148 cm³/mol. The molecule has 1 N–H and O–H groups in total. The topological polar surface area (TPSA) is 81.7 Å². The Morgan fingerprint density at radius 3 is 2.62 bits per heavy atom. The molecule has 1 aromatic carbocycles. The lowest BCUT2D eigenvalue weighted by atomic mass is 9.64. The lowest BCUT2D eigenvalue weighted by Crippen LogP contribution is -2.43. The van der Waals surface area contributed by atoms with Crippen LogP contribution in [0.3, 0.4) is 0 Å². The first-order valence-electron chi connectivity index (χ1n) is 13.2. The maximum Gasteiger partial charge on any atom is 0.237 e. The third kappa shape index (κ3) is 3.23. The van der Waals surface area contributed by atoms with E-state index in [-0.39, 0.29) is 17.8 Å². The average molecular weight is 517 g/mol. The highest BCUT2D eigenvalue weighted by Gasteiger charge is 2.54. The van der Waals surface area contributed by atoms with Crippen molar-refractivity contribution in [2.45, 2.75) is 37.6 Å². The molecule has 3 atom stereocenters. The van der Waals surface area contributed by atoms with Crippen LogP contribution in [0.4, 0.5) is 17.2 Å². The molecule has 3 aliphatic heterocycles. The van der Waals surface area contributed by atoms with E-state index in [4.69, 9.17) is 4.98 Å². The summed E-state index contributed by atoms with van der Waals surface area (Å²) in [7, 11) is 4.06. The molecule has 2 saturated heterocycles. The van der Waals surface area contributed by atoms with Crippen molar-refractivity contribution in [3.05, 3.63) is 42.2 Å². The van der Waals surface area contributed by atoms with Gasteiger partial charge in [-0.25, -0.2) is 9.19 Å². The number of anilines is 3. The maximum atomic E-state index is 13.2. The van der Waals surface area contributed by atoms with E-state index in [0.29, 0.717) is 17.9 Å². The first-order valence-corrected chi connectivity index (χ1v) is 14.0. The Hall–Kier alpha value is -3.04. The summed E-state index contributed by atoms with van der Waals surface area (Å²) >= 11 is -0.148. The van der Waals surface area contributed by atoms with E-state index in [1.54, 1.807) is 4.90 Å². The summed E-state index contributed by atoms with van der Waals surface area (Å²) in [5, 5.41) is 1.04. The predicted octanol–water partition coefficient (Wildman–Crippen LogP) is 3.35. The number of likely N-dealkylation sites (tertiary alicyclic amines) is 1. The third-order valence-electron chi connectivity index (χ3n) is 9.46. The molecule has 4 aliphatic rings. The fraction of sp³-hybridized carbons (Fsp3) is 0.464. The quantitative estimate of drug-likeness (QED) is 0.518. The fourth-order valence-electron chi connectivity index (χ4n) is 7.41. The third-order valence-corrected chi connectivity index (χ3v) is 9.80. The summed E-state index contributed by atoms with van der Waals surface area (Å²) in [5.41, 5.74) is 5.28. The van der Waals surface area contributed by atoms with Crippen molar-refractivity contribution < 1.29 is 9.00 Å². The van der Waals surface area contributed by atoms with Crippen molar-refractivity contribution >= 4 is 45.9 Å². The number of nitrogens with zero attached hydrogens (tertiary/aromatic N) is 5. The van der Waals surface area contributed by atoms with Crippen molar-refractivity contribution in [1.29, 1.82) is 0 Å². The molecule has 2 unspecified atom stereocenters. The van der Waals surface area contributed by atoms with Gasteiger partial charge in [-0.1, -0.05) is 12.5 Å². The normalized spacial score (nSPS) is 26.1. The highest BCUT2D eigenvalue weighted by atomic mass is 32.2. The van der Waals surface area contributed by atoms with Gasteiger partial charge >= 0.3 is 0 Å². The minimum absolute atomic E-state index is 0.148. The monoisotopic (exact) mass is 516 g/mol. The second-order valence-corrected chi connectivity index (χ2v) is 11.8. The number of pyridine rings is 2. The molecule has 1 aliphatic carbocycles. The summed E-state index contributed by atoms with van der Waals surface area (Å²) in [4.78, 5) is 29.4. The molecule has 2 aromatic heterocycles. The number of fused-ring (bicyclic) bond motifs is 5. The molecule has 1 amide bonds. The van der Waals surface area contributed by atoms with E-state index in [9.17, 15) is 9.00 Å². The Balaban J connectivity index is 1.30. The van der Waals surface area contributed by atoms with Crippen LogP contribution in [0.1, 0.15) is 31.7 Å². The number of carbonyl (C=O) groups is 1. The second kappa shape index (κ2) is 8.23. The summed E-state index contributed by atoms with van der Waals surface area (Å²) in [6.07, 6.45) is 6.63. The van der Waals surface area contributed by atoms with E-state index in [1.165, 1.54) is 0 Å². The first kappa shape index (κ1) is 23.1. The highest BCUT2D eigenvalue weighted by molar-refractivity contribution is 7.67. The van der Waals surface area contributed by atoms with Crippen LogP contribution in [0.5, 0.6) is 0 Å². The molecule has 8 nitrogen and oxygen atoms in total. The number of carbonyl (C=O) groups excluding carboxylic acids is 1. The minimum atomic E-state index is -0.405. The van der Waals surface area contributed by atoms with Crippen molar-refractivity contribution in [1.82, 2.24) is 14.9 Å². The lowest BCUT2D eigenvalue weighted by molar-refractivity contribution is -0.125. The number of hydrogen-bond acceptors (Lipinski definition) is 6. The molecule has 0 radical (unpaired) electrons. The lowest BCUT2D eigenvalue weighted by Gasteiger charge is -2.37. The van der Waals surface area contributed by atoms with E-state index in [2.05, 4.69) is 45.6 Å². The van der Waals surface area contributed by atoms with Gasteiger partial charge in [-0.3, -0.25) is 9.78 Å². The van der Waals surface area contributed by atoms with Gasteiger partial charge in [-0.15, -0.1) is 0 Å². The van der Waals surface area contributed by atoms with Crippen LogP contribution in [-0.4, -0.2) is 64.8 Å². The highest BCUT2D eigenvalue weighted by Crippen LogP contribution is 2.55. The van der Waals surface area contributed by atoms with Crippen LogP contribution in [0, 0.1) is 11.8 Å². The van der Waals surface area contributed by atoms with E-state index < -0.39 is 5.41 Å². The number of benzene rings is 1. The molecular formula is C28H32N6O2S. The van der Waals surface area contributed by atoms with Gasteiger partial charge in [0.2, 0.25) is 5.91 Å². The van der Waals surface area contributed by atoms with E-state index in [0.717, 1.165) is 83.7 Å². The van der Waals surface area contributed by atoms with Crippen LogP contribution in [-0.2, 0) is 22.1 Å². The zero-order valence-corrected chi connectivity index (χ0v) is 22.3. The van der Waals surface area contributed by atoms with Gasteiger partial charge in [0.05, 0.1) is 28.5 Å². The molecule has 7 rings (SSSR count). The van der Waals surface area contributed by atoms with Gasteiger partial charge in [0.1, 0.15) is 11.9 Å². The second-order valence-electron chi connectivity index (χ2n) is 11.4. The van der Waals surface area contributed by atoms with Gasteiger partial charge in [0.15, 0.2) is 5.82 Å². The van der Waals surface area contributed by atoms with Crippen LogP contribution < -0.4 is 14.5 Å². The summed E-state index contributed by atoms with van der Waals surface area (Å²) in [6.45, 7) is 5.46. The van der Waals surface area contributed by atoms with Crippen LogP contribution >= 0.6 is 0 Å². The summed E-state index contributed by atoms with van der Waals surface area (Å²) in [6, 6.07) is 8.67. The van der Waals surface area contributed by atoms with Gasteiger partial charge in [-0.2, -0.15) is 0 Å². The Morgan fingerprint density at radius 1 is 1.05 bits per heavy atom. The van der Waals surface area contributed by atoms with Crippen LogP contribution in [0.2, 0.25) is 0 Å². The number of likely N-dealkylation sites (N-methyl/N-ethyl adjacent to an activating group) is 1. The molecule has 0 bridgehead atoms. The van der Waals surface area contributed by atoms with Crippen molar-refractivity contribution in [2.24, 2.45) is 11.8 Å². The maximum absolute atomic E-state index is 13.2. The number of aromatic nitrogens is 2.